The van der Waals surface area contributed by atoms with Crippen molar-refractivity contribution in [2.24, 2.45) is 5.92 Å². The van der Waals surface area contributed by atoms with Crippen molar-refractivity contribution in [1.29, 1.82) is 0 Å². The van der Waals surface area contributed by atoms with Crippen molar-refractivity contribution in [2.45, 2.75) is 40.5 Å². The second-order valence-corrected chi connectivity index (χ2v) is 4.82. The molecule has 1 aromatic carbocycles. The van der Waals surface area contributed by atoms with Crippen molar-refractivity contribution >= 4 is 5.97 Å². The Morgan fingerprint density at radius 3 is 2.35 bits per heavy atom. The molecule has 0 aliphatic carbocycles. The summed E-state index contributed by atoms with van der Waals surface area (Å²) >= 11 is 0. The highest BCUT2D eigenvalue weighted by Gasteiger charge is 2.25. The summed E-state index contributed by atoms with van der Waals surface area (Å²) in [6, 6.07) is 6.19. The standard InChI is InChI=1S/C15H22O2/c1-6-17-15(16)14(10(2)3)13-8-7-11(4)12(5)9-13/h7-10,14H,6H2,1-5H3. The number of rotatable bonds is 4. The minimum atomic E-state index is -0.158. The van der Waals surface area contributed by atoms with E-state index >= 15 is 0 Å². The highest BCUT2D eigenvalue weighted by atomic mass is 16.5. The molecule has 0 aromatic heterocycles. The first-order valence-corrected chi connectivity index (χ1v) is 6.21. The van der Waals surface area contributed by atoms with Crippen LogP contribution in [0, 0.1) is 19.8 Å². The first-order valence-electron chi connectivity index (χ1n) is 6.21. The number of aryl methyl sites for hydroxylation is 2. The molecule has 0 fully saturated rings. The minimum absolute atomic E-state index is 0.120. The predicted molar refractivity (Wildman–Crippen MR) is 70.1 cm³/mol. The summed E-state index contributed by atoms with van der Waals surface area (Å²) in [5.41, 5.74) is 3.53. The third-order valence-corrected chi connectivity index (χ3v) is 3.10. The number of carbonyl (C=O) groups is 1. The predicted octanol–water partition coefficient (Wildman–Crippen LogP) is 3.61. The first-order chi connectivity index (χ1) is 7.97. The van der Waals surface area contributed by atoms with Crippen LogP contribution in [0.15, 0.2) is 18.2 Å². The van der Waals surface area contributed by atoms with E-state index in [0.29, 0.717) is 6.61 Å². The Morgan fingerprint density at radius 2 is 1.88 bits per heavy atom. The van der Waals surface area contributed by atoms with Gasteiger partial charge in [0.2, 0.25) is 0 Å². The van der Waals surface area contributed by atoms with Gasteiger partial charge in [-0.15, -0.1) is 0 Å². The Balaban J connectivity index is 3.05. The third kappa shape index (κ3) is 3.32. The molecule has 17 heavy (non-hydrogen) atoms. The monoisotopic (exact) mass is 234 g/mol. The minimum Gasteiger partial charge on any atom is -0.466 e. The molecule has 2 heteroatoms. The van der Waals surface area contributed by atoms with Crippen molar-refractivity contribution in [2.75, 3.05) is 6.61 Å². The quantitative estimate of drug-likeness (QED) is 0.744. The smallest absolute Gasteiger partial charge is 0.313 e. The first kappa shape index (κ1) is 13.8. The van der Waals surface area contributed by atoms with E-state index in [9.17, 15) is 4.79 Å². The van der Waals surface area contributed by atoms with E-state index in [2.05, 4.69) is 39.8 Å². The normalized spacial score (nSPS) is 12.6. The average Bonchev–Trinajstić information content (AvgIpc) is 2.23. The van der Waals surface area contributed by atoms with Gasteiger partial charge in [-0.25, -0.2) is 0 Å². The summed E-state index contributed by atoms with van der Waals surface area (Å²) in [4.78, 5) is 12.0. The van der Waals surface area contributed by atoms with Gasteiger partial charge in [-0.3, -0.25) is 4.79 Å². The molecule has 0 amide bonds. The molecule has 1 rings (SSSR count). The Labute approximate surface area is 104 Å². The maximum Gasteiger partial charge on any atom is 0.313 e. The molecule has 0 saturated heterocycles. The molecule has 0 saturated carbocycles. The second-order valence-electron chi connectivity index (χ2n) is 4.82. The Morgan fingerprint density at radius 1 is 1.24 bits per heavy atom. The molecular weight excluding hydrogens is 212 g/mol. The topological polar surface area (TPSA) is 26.3 Å². The van der Waals surface area contributed by atoms with E-state index < -0.39 is 0 Å². The number of hydrogen-bond acceptors (Lipinski definition) is 2. The summed E-state index contributed by atoms with van der Waals surface area (Å²) in [6.45, 7) is 10.5. The molecule has 2 nitrogen and oxygen atoms in total. The summed E-state index contributed by atoms with van der Waals surface area (Å²) in [5.74, 6) is -0.0313. The SMILES string of the molecule is CCOC(=O)C(c1ccc(C)c(C)c1)C(C)C. The van der Waals surface area contributed by atoms with Gasteiger partial charge in [-0.05, 0) is 43.4 Å². The van der Waals surface area contributed by atoms with Gasteiger partial charge in [0.15, 0.2) is 0 Å². The molecule has 1 unspecified atom stereocenters. The van der Waals surface area contributed by atoms with Crippen LogP contribution in [0.3, 0.4) is 0 Å². The maximum absolute atomic E-state index is 12.0. The molecule has 0 spiro atoms. The van der Waals surface area contributed by atoms with Gasteiger partial charge >= 0.3 is 5.97 Å². The molecule has 0 bridgehead atoms. The molecule has 1 aromatic rings. The molecule has 0 N–H and O–H groups in total. The van der Waals surface area contributed by atoms with Crippen LogP contribution in [-0.4, -0.2) is 12.6 Å². The summed E-state index contributed by atoms with van der Waals surface area (Å²) in [7, 11) is 0. The van der Waals surface area contributed by atoms with Crippen LogP contribution in [-0.2, 0) is 9.53 Å². The van der Waals surface area contributed by atoms with Crippen LogP contribution >= 0.6 is 0 Å². The molecular formula is C15H22O2. The Hall–Kier alpha value is -1.31. The molecule has 1 atom stereocenters. The lowest BCUT2D eigenvalue weighted by Crippen LogP contribution is -2.21. The van der Waals surface area contributed by atoms with Crippen molar-refractivity contribution in [1.82, 2.24) is 0 Å². The second kappa shape index (κ2) is 5.85. The molecule has 94 valence electrons. The lowest BCUT2D eigenvalue weighted by molar-refractivity contribution is -0.146. The number of ether oxygens (including phenoxy) is 1. The zero-order valence-corrected chi connectivity index (χ0v) is 11.4. The van der Waals surface area contributed by atoms with E-state index in [0.717, 1.165) is 5.56 Å². The molecule has 0 radical (unpaired) electrons. The Kier molecular flexibility index (Phi) is 4.73. The van der Waals surface area contributed by atoms with Gasteiger partial charge < -0.3 is 4.74 Å². The van der Waals surface area contributed by atoms with Gasteiger partial charge in [0.25, 0.3) is 0 Å². The van der Waals surface area contributed by atoms with Crippen LogP contribution in [0.5, 0.6) is 0 Å². The fourth-order valence-corrected chi connectivity index (χ4v) is 1.98. The van der Waals surface area contributed by atoms with Crippen LogP contribution in [0.2, 0.25) is 0 Å². The van der Waals surface area contributed by atoms with Gasteiger partial charge in [0.05, 0.1) is 12.5 Å². The summed E-state index contributed by atoms with van der Waals surface area (Å²) in [6.07, 6.45) is 0. The fourth-order valence-electron chi connectivity index (χ4n) is 1.98. The third-order valence-electron chi connectivity index (χ3n) is 3.10. The van der Waals surface area contributed by atoms with Crippen LogP contribution < -0.4 is 0 Å². The number of carbonyl (C=O) groups excluding carboxylic acids is 1. The summed E-state index contributed by atoms with van der Waals surface area (Å²) < 4.78 is 5.15. The van der Waals surface area contributed by atoms with Crippen LogP contribution in [0.4, 0.5) is 0 Å². The summed E-state index contributed by atoms with van der Waals surface area (Å²) in [5, 5.41) is 0. The number of benzene rings is 1. The fraction of sp³-hybridized carbons (Fsp3) is 0.533. The zero-order chi connectivity index (χ0) is 13.0. The van der Waals surface area contributed by atoms with Crippen LogP contribution in [0.1, 0.15) is 43.4 Å². The van der Waals surface area contributed by atoms with E-state index in [4.69, 9.17) is 4.74 Å². The van der Waals surface area contributed by atoms with Crippen LogP contribution in [0.25, 0.3) is 0 Å². The van der Waals surface area contributed by atoms with E-state index in [1.165, 1.54) is 11.1 Å². The highest BCUT2D eigenvalue weighted by molar-refractivity contribution is 5.78. The van der Waals surface area contributed by atoms with E-state index in [1.807, 2.05) is 13.0 Å². The van der Waals surface area contributed by atoms with Gasteiger partial charge in [0.1, 0.15) is 0 Å². The van der Waals surface area contributed by atoms with Gasteiger partial charge in [-0.2, -0.15) is 0 Å². The van der Waals surface area contributed by atoms with Crippen molar-refractivity contribution in [3.63, 3.8) is 0 Å². The lowest BCUT2D eigenvalue weighted by Gasteiger charge is -2.20. The highest BCUT2D eigenvalue weighted by Crippen LogP contribution is 2.27. The molecule has 0 heterocycles. The Bertz CT molecular complexity index is 394. The van der Waals surface area contributed by atoms with E-state index in [1.54, 1.807) is 0 Å². The lowest BCUT2D eigenvalue weighted by atomic mass is 9.87. The molecule has 0 aliphatic rings. The molecule has 0 aliphatic heterocycles. The van der Waals surface area contributed by atoms with Crippen molar-refractivity contribution < 1.29 is 9.53 Å². The van der Waals surface area contributed by atoms with Gasteiger partial charge in [-0.1, -0.05) is 32.0 Å². The number of hydrogen-bond donors (Lipinski definition) is 0. The average molecular weight is 234 g/mol. The maximum atomic E-state index is 12.0. The van der Waals surface area contributed by atoms with E-state index in [-0.39, 0.29) is 17.8 Å². The van der Waals surface area contributed by atoms with Crippen molar-refractivity contribution in [3.8, 4) is 0 Å². The zero-order valence-electron chi connectivity index (χ0n) is 11.4. The van der Waals surface area contributed by atoms with Gasteiger partial charge in [0, 0.05) is 0 Å². The number of esters is 1. The largest absolute Gasteiger partial charge is 0.466 e. The van der Waals surface area contributed by atoms with Crippen molar-refractivity contribution in [3.05, 3.63) is 34.9 Å².